The van der Waals surface area contributed by atoms with Gasteiger partial charge in [-0.15, -0.1) is 0 Å². The Balaban J connectivity index is 1.82. The first-order chi connectivity index (χ1) is 15.3. The minimum absolute atomic E-state index is 0.189. The van der Waals surface area contributed by atoms with Gasteiger partial charge in [-0.3, -0.25) is 24.6 Å². The van der Waals surface area contributed by atoms with E-state index in [0.29, 0.717) is 0 Å². The summed E-state index contributed by atoms with van der Waals surface area (Å²) in [6, 6.07) is 16.9. The van der Waals surface area contributed by atoms with Crippen molar-refractivity contribution in [2.24, 2.45) is 11.8 Å². The molecule has 2 aromatic carbocycles. The Labute approximate surface area is 188 Å². The van der Waals surface area contributed by atoms with E-state index in [0.717, 1.165) is 21.7 Å². The normalized spacial score (nSPS) is 26.9. The number of imide groups is 1. The Hall–Kier alpha value is -3.19. The number of nitrogens with zero attached hydrogens (tertiary/aromatic N) is 2. The van der Waals surface area contributed by atoms with E-state index in [9.17, 15) is 14.4 Å². The zero-order valence-corrected chi connectivity index (χ0v) is 18.9. The van der Waals surface area contributed by atoms with Crippen molar-refractivity contribution in [3.63, 3.8) is 0 Å². The molecule has 1 N–H and O–H groups in total. The van der Waals surface area contributed by atoms with Gasteiger partial charge in [0.05, 0.1) is 18.4 Å². The number of esters is 1. The first kappa shape index (κ1) is 22.0. The SMILES string of the molecule is CCOC(=O)[C@]1(Cc2ccccc2)N[C@H](c2ccc(N(C)C)cc2)[C@@H]2C(=O)N(C)C(=O)[C@@H]21. The van der Waals surface area contributed by atoms with Crippen molar-refractivity contribution in [2.75, 3.05) is 32.6 Å². The van der Waals surface area contributed by atoms with Crippen LogP contribution in [0.15, 0.2) is 54.6 Å². The molecule has 2 amide bonds. The molecule has 7 nitrogen and oxygen atoms in total. The largest absolute Gasteiger partial charge is 0.465 e. The molecule has 2 aliphatic rings. The van der Waals surface area contributed by atoms with Crippen molar-refractivity contribution < 1.29 is 19.1 Å². The maximum absolute atomic E-state index is 13.4. The van der Waals surface area contributed by atoms with Gasteiger partial charge < -0.3 is 9.64 Å². The van der Waals surface area contributed by atoms with Crippen LogP contribution in [-0.4, -0.2) is 56.0 Å². The number of fused-ring (bicyclic) bond motifs is 1. The van der Waals surface area contributed by atoms with Gasteiger partial charge in [0.2, 0.25) is 11.8 Å². The van der Waals surface area contributed by atoms with Gasteiger partial charge >= 0.3 is 5.97 Å². The molecule has 0 saturated carbocycles. The fourth-order valence-electron chi connectivity index (χ4n) is 5.01. The lowest BCUT2D eigenvalue weighted by atomic mass is 9.76. The van der Waals surface area contributed by atoms with Crippen molar-refractivity contribution in [1.29, 1.82) is 0 Å². The summed E-state index contributed by atoms with van der Waals surface area (Å²) in [5, 5.41) is 3.43. The Morgan fingerprint density at radius 3 is 2.31 bits per heavy atom. The fourth-order valence-corrected chi connectivity index (χ4v) is 5.01. The summed E-state index contributed by atoms with van der Waals surface area (Å²) >= 11 is 0. The predicted octanol–water partition coefficient (Wildman–Crippen LogP) is 2.17. The molecule has 0 radical (unpaired) electrons. The molecule has 32 heavy (non-hydrogen) atoms. The first-order valence-electron chi connectivity index (χ1n) is 10.9. The Kier molecular flexibility index (Phi) is 5.77. The van der Waals surface area contributed by atoms with E-state index in [1.807, 2.05) is 73.6 Å². The van der Waals surface area contributed by atoms with E-state index < -0.39 is 29.4 Å². The third-order valence-electron chi connectivity index (χ3n) is 6.61. The Bertz CT molecular complexity index is 1020. The highest BCUT2D eigenvalue weighted by Gasteiger charge is 2.68. The second-order valence-corrected chi connectivity index (χ2v) is 8.70. The number of amides is 2. The molecule has 2 aliphatic heterocycles. The van der Waals surface area contributed by atoms with E-state index in [1.165, 1.54) is 7.05 Å². The number of benzene rings is 2. The lowest BCUT2D eigenvalue weighted by Crippen LogP contribution is -2.57. The van der Waals surface area contributed by atoms with Crippen LogP contribution in [0.4, 0.5) is 5.69 Å². The second-order valence-electron chi connectivity index (χ2n) is 8.70. The minimum atomic E-state index is -1.33. The molecular weight excluding hydrogens is 406 g/mol. The summed E-state index contributed by atoms with van der Waals surface area (Å²) in [5.41, 5.74) is 1.45. The number of rotatable bonds is 6. The molecule has 0 unspecified atom stereocenters. The van der Waals surface area contributed by atoms with E-state index in [-0.39, 0.29) is 24.8 Å². The van der Waals surface area contributed by atoms with Gasteiger partial charge in [-0.2, -0.15) is 0 Å². The lowest BCUT2D eigenvalue weighted by molar-refractivity contribution is -0.156. The smallest absolute Gasteiger partial charge is 0.327 e. The molecule has 2 aromatic rings. The number of hydrogen-bond acceptors (Lipinski definition) is 6. The van der Waals surface area contributed by atoms with Crippen molar-refractivity contribution in [3.05, 3.63) is 65.7 Å². The summed E-state index contributed by atoms with van der Waals surface area (Å²) in [7, 11) is 5.41. The van der Waals surface area contributed by atoms with Crippen LogP contribution in [0.5, 0.6) is 0 Å². The van der Waals surface area contributed by atoms with Gasteiger partial charge in [0.15, 0.2) is 0 Å². The summed E-state index contributed by atoms with van der Waals surface area (Å²) in [5.74, 6) is -2.62. The van der Waals surface area contributed by atoms with Gasteiger partial charge in [0.25, 0.3) is 0 Å². The number of carbonyl (C=O) groups excluding carboxylic acids is 3. The van der Waals surface area contributed by atoms with Crippen molar-refractivity contribution in [2.45, 2.75) is 24.9 Å². The molecular formula is C25H29N3O4. The Morgan fingerprint density at radius 1 is 1.06 bits per heavy atom. The number of anilines is 1. The standard InChI is InChI=1S/C25H29N3O4/c1-5-32-24(31)25(15-16-9-7-6-8-10-16)20-19(22(29)28(4)23(20)30)21(26-25)17-11-13-18(14-12-17)27(2)3/h6-14,19-21,26H,5,15H2,1-4H3/t19-,20-,21-,25-/m1/s1. The molecule has 2 heterocycles. The molecule has 4 atom stereocenters. The quantitative estimate of drug-likeness (QED) is 0.554. The van der Waals surface area contributed by atoms with Crippen LogP contribution in [-0.2, 0) is 25.5 Å². The summed E-state index contributed by atoms with van der Waals surface area (Å²) in [4.78, 5) is 43.0. The molecule has 0 bridgehead atoms. The first-order valence-corrected chi connectivity index (χ1v) is 10.9. The third kappa shape index (κ3) is 3.46. The molecule has 168 valence electrons. The van der Waals surface area contributed by atoms with Gasteiger partial charge in [0.1, 0.15) is 5.54 Å². The van der Waals surface area contributed by atoms with Crippen molar-refractivity contribution in [3.8, 4) is 0 Å². The van der Waals surface area contributed by atoms with Crippen LogP contribution in [0.2, 0.25) is 0 Å². The highest BCUT2D eigenvalue weighted by Crippen LogP contribution is 2.50. The summed E-state index contributed by atoms with van der Waals surface area (Å²) in [6.07, 6.45) is 0.257. The molecule has 0 aliphatic carbocycles. The predicted molar refractivity (Wildman–Crippen MR) is 121 cm³/mol. The number of ether oxygens (including phenoxy) is 1. The van der Waals surface area contributed by atoms with Gasteiger partial charge in [-0.25, -0.2) is 0 Å². The third-order valence-corrected chi connectivity index (χ3v) is 6.61. The van der Waals surface area contributed by atoms with E-state index in [4.69, 9.17) is 4.74 Å². The number of likely N-dealkylation sites (tertiary alicyclic amines) is 1. The number of hydrogen-bond donors (Lipinski definition) is 1. The maximum atomic E-state index is 13.4. The topological polar surface area (TPSA) is 79.0 Å². The molecule has 2 fully saturated rings. The lowest BCUT2D eigenvalue weighted by Gasteiger charge is -2.32. The average Bonchev–Trinajstić information content (AvgIpc) is 3.24. The van der Waals surface area contributed by atoms with Gasteiger partial charge in [-0.1, -0.05) is 42.5 Å². The van der Waals surface area contributed by atoms with Gasteiger partial charge in [0, 0.05) is 39.3 Å². The fraction of sp³-hybridized carbons (Fsp3) is 0.400. The molecule has 0 spiro atoms. The van der Waals surface area contributed by atoms with Crippen LogP contribution in [0.3, 0.4) is 0 Å². The van der Waals surface area contributed by atoms with E-state index in [1.54, 1.807) is 6.92 Å². The molecule has 2 saturated heterocycles. The summed E-state index contributed by atoms with van der Waals surface area (Å²) in [6.45, 7) is 1.93. The van der Waals surface area contributed by atoms with Crippen LogP contribution >= 0.6 is 0 Å². The minimum Gasteiger partial charge on any atom is -0.465 e. The zero-order valence-electron chi connectivity index (χ0n) is 18.9. The second kappa shape index (κ2) is 8.39. The van der Waals surface area contributed by atoms with Crippen LogP contribution in [0.25, 0.3) is 0 Å². The van der Waals surface area contributed by atoms with Crippen LogP contribution in [0, 0.1) is 11.8 Å². The highest BCUT2D eigenvalue weighted by molar-refractivity contribution is 6.09. The summed E-state index contributed by atoms with van der Waals surface area (Å²) < 4.78 is 5.47. The zero-order chi connectivity index (χ0) is 23.0. The van der Waals surface area contributed by atoms with Crippen molar-refractivity contribution >= 4 is 23.5 Å². The highest BCUT2D eigenvalue weighted by atomic mass is 16.5. The average molecular weight is 436 g/mol. The van der Waals surface area contributed by atoms with Crippen molar-refractivity contribution in [1.82, 2.24) is 10.2 Å². The number of nitrogens with one attached hydrogen (secondary N) is 1. The van der Waals surface area contributed by atoms with Crippen LogP contribution < -0.4 is 10.2 Å². The van der Waals surface area contributed by atoms with E-state index in [2.05, 4.69) is 5.32 Å². The molecule has 7 heteroatoms. The monoisotopic (exact) mass is 435 g/mol. The molecule has 4 rings (SSSR count). The Morgan fingerprint density at radius 2 is 1.72 bits per heavy atom. The van der Waals surface area contributed by atoms with E-state index >= 15 is 0 Å². The molecule has 0 aromatic heterocycles. The number of carbonyl (C=O) groups is 3. The maximum Gasteiger partial charge on any atom is 0.327 e. The van der Waals surface area contributed by atoms with Crippen LogP contribution in [0.1, 0.15) is 24.1 Å². The van der Waals surface area contributed by atoms with Gasteiger partial charge in [-0.05, 0) is 30.2 Å².